The maximum atomic E-state index is 8.18. The lowest BCUT2D eigenvalue weighted by Crippen LogP contribution is -2.29. The number of allylic oxidation sites excluding steroid dienone is 1. The Morgan fingerprint density at radius 1 is 1.35 bits per heavy atom. The predicted molar refractivity (Wildman–Crippen MR) is 112 cm³/mol. The number of aromatic nitrogens is 1. The monoisotopic (exact) mass is 364 g/mol. The minimum absolute atomic E-state index is 0.440. The first-order chi connectivity index (χ1) is 12.7. The molecule has 2 heterocycles. The van der Waals surface area contributed by atoms with Gasteiger partial charge in [0, 0.05) is 34.4 Å². The van der Waals surface area contributed by atoms with E-state index in [2.05, 4.69) is 53.0 Å². The van der Waals surface area contributed by atoms with Gasteiger partial charge in [-0.1, -0.05) is 25.1 Å². The number of anilines is 1. The molecule has 0 saturated carbocycles. The molecule has 5 heteroatoms. The lowest BCUT2D eigenvalue weighted by Gasteiger charge is -2.22. The quantitative estimate of drug-likeness (QED) is 0.371. The topological polar surface area (TPSA) is 63.7 Å². The molecular weight excluding hydrogens is 340 g/mol. The standard InChI is InChI=1S/C21H24N4S/c1-2-23-15-7-5-14(6-8-15)18-13-24-19-12-16(9-10-17(18)19)25-21(22)20-4-3-11-26-20/h3-5,9-13,15,23-24H,2,6-8H2,1H3,(H2,22,25). The van der Waals surface area contributed by atoms with Crippen molar-refractivity contribution in [3.63, 3.8) is 0 Å². The molecule has 0 radical (unpaired) electrons. The van der Waals surface area contributed by atoms with Crippen molar-refractivity contribution < 1.29 is 0 Å². The van der Waals surface area contributed by atoms with E-state index in [1.165, 1.54) is 22.9 Å². The molecule has 2 aromatic heterocycles. The van der Waals surface area contributed by atoms with E-state index >= 15 is 0 Å². The van der Waals surface area contributed by atoms with E-state index < -0.39 is 0 Å². The molecule has 0 amide bonds. The summed E-state index contributed by atoms with van der Waals surface area (Å²) in [5.41, 5.74) is 4.81. The van der Waals surface area contributed by atoms with Gasteiger partial charge in [-0.05, 0) is 55.0 Å². The van der Waals surface area contributed by atoms with Crippen LogP contribution in [-0.2, 0) is 0 Å². The van der Waals surface area contributed by atoms with Gasteiger partial charge in [0.1, 0.15) is 5.84 Å². The minimum atomic E-state index is 0.440. The molecule has 4 rings (SSSR count). The van der Waals surface area contributed by atoms with E-state index in [-0.39, 0.29) is 0 Å². The summed E-state index contributed by atoms with van der Waals surface area (Å²) in [4.78, 5) is 4.35. The summed E-state index contributed by atoms with van der Waals surface area (Å²) in [6.07, 6.45) is 7.93. The molecular formula is C21H24N4S. The number of hydrogen-bond donors (Lipinski definition) is 4. The molecule has 1 aliphatic rings. The van der Waals surface area contributed by atoms with E-state index in [9.17, 15) is 0 Å². The molecule has 0 spiro atoms. The highest BCUT2D eigenvalue weighted by Crippen LogP contribution is 2.33. The molecule has 0 saturated heterocycles. The molecule has 3 aromatic rings. The molecule has 4 nitrogen and oxygen atoms in total. The minimum Gasteiger partial charge on any atom is -0.360 e. The van der Waals surface area contributed by atoms with Crippen molar-refractivity contribution in [3.8, 4) is 0 Å². The zero-order chi connectivity index (χ0) is 17.9. The van der Waals surface area contributed by atoms with Crippen molar-refractivity contribution in [2.24, 2.45) is 0 Å². The third-order valence-corrected chi connectivity index (χ3v) is 5.86. The number of fused-ring (bicyclic) bond motifs is 1. The Labute approximate surface area is 157 Å². The van der Waals surface area contributed by atoms with E-state index in [1.54, 1.807) is 11.3 Å². The molecule has 1 unspecified atom stereocenters. The fourth-order valence-electron chi connectivity index (χ4n) is 3.65. The highest BCUT2D eigenvalue weighted by Gasteiger charge is 2.17. The summed E-state index contributed by atoms with van der Waals surface area (Å²) < 4.78 is 0. The third-order valence-electron chi connectivity index (χ3n) is 4.97. The highest BCUT2D eigenvalue weighted by molar-refractivity contribution is 7.12. The van der Waals surface area contributed by atoms with Gasteiger partial charge >= 0.3 is 0 Å². The Hall–Kier alpha value is -2.37. The Morgan fingerprint density at radius 2 is 2.27 bits per heavy atom. The van der Waals surface area contributed by atoms with Crippen LogP contribution in [-0.4, -0.2) is 23.4 Å². The van der Waals surface area contributed by atoms with Gasteiger partial charge in [0.25, 0.3) is 0 Å². The zero-order valence-corrected chi connectivity index (χ0v) is 15.7. The van der Waals surface area contributed by atoms with Gasteiger partial charge in [0.05, 0.1) is 4.88 Å². The molecule has 0 bridgehead atoms. The van der Waals surface area contributed by atoms with Gasteiger partial charge in [0.15, 0.2) is 0 Å². The first-order valence-electron chi connectivity index (χ1n) is 9.18. The summed E-state index contributed by atoms with van der Waals surface area (Å²) in [7, 11) is 0. The molecule has 1 atom stereocenters. The number of nitrogens with one attached hydrogen (secondary N) is 4. The predicted octanol–water partition coefficient (Wildman–Crippen LogP) is 5.21. The maximum Gasteiger partial charge on any atom is 0.140 e. The van der Waals surface area contributed by atoms with Crippen LogP contribution in [0.3, 0.4) is 0 Å². The Kier molecular flexibility index (Phi) is 4.91. The third kappa shape index (κ3) is 3.45. The Bertz CT molecular complexity index is 936. The molecule has 26 heavy (non-hydrogen) atoms. The van der Waals surface area contributed by atoms with Crippen molar-refractivity contribution in [1.29, 1.82) is 5.41 Å². The van der Waals surface area contributed by atoms with Crippen LogP contribution in [0.15, 0.2) is 48.0 Å². The second-order valence-corrected chi connectivity index (χ2v) is 7.65. The van der Waals surface area contributed by atoms with E-state index in [0.717, 1.165) is 35.5 Å². The average molecular weight is 365 g/mol. The summed E-state index contributed by atoms with van der Waals surface area (Å²) in [6.45, 7) is 3.21. The summed E-state index contributed by atoms with van der Waals surface area (Å²) in [6, 6.07) is 10.9. The van der Waals surface area contributed by atoms with Gasteiger partial charge < -0.3 is 15.6 Å². The summed E-state index contributed by atoms with van der Waals surface area (Å²) in [5, 5.41) is 18.2. The highest BCUT2D eigenvalue weighted by atomic mass is 32.1. The number of rotatable bonds is 5. The van der Waals surface area contributed by atoms with Gasteiger partial charge in [-0.3, -0.25) is 5.41 Å². The lowest BCUT2D eigenvalue weighted by atomic mass is 9.90. The summed E-state index contributed by atoms with van der Waals surface area (Å²) in [5.74, 6) is 0.440. The molecule has 1 aliphatic carbocycles. The largest absolute Gasteiger partial charge is 0.360 e. The van der Waals surface area contributed by atoms with E-state index in [1.807, 2.05) is 17.5 Å². The van der Waals surface area contributed by atoms with Crippen LogP contribution in [0.1, 0.15) is 36.6 Å². The fraction of sp³-hybridized carbons (Fsp3) is 0.286. The second kappa shape index (κ2) is 7.48. The molecule has 4 N–H and O–H groups in total. The lowest BCUT2D eigenvalue weighted by molar-refractivity contribution is 0.493. The van der Waals surface area contributed by atoms with Crippen molar-refractivity contribution in [3.05, 3.63) is 58.4 Å². The van der Waals surface area contributed by atoms with Crippen LogP contribution in [0.5, 0.6) is 0 Å². The first kappa shape index (κ1) is 17.1. The van der Waals surface area contributed by atoms with E-state index in [4.69, 9.17) is 5.41 Å². The van der Waals surface area contributed by atoms with Crippen molar-refractivity contribution >= 4 is 39.3 Å². The average Bonchev–Trinajstić information content (AvgIpc) is 3.32. The van der Waals surface area contributed by atoms with Crippen molar-refractivity contribution in [2.45, 2.75) is 32.2 Å². The van der Waals surface area contributed by atoms with Crippen LogP contribution in [0, 0.1) is 5.41 Å². The van der Waals surface area contributed by atoms with Crippen molar-refractivity contribution in [1.82, 2.24) is 10.3 Å². The smallest absolute Gasteiger partial charge is 0.140 e. The number of hydrogen-bond acceptors (Lipinski definition) is 3. The second-order valence-electron chi connectivity index (χ2n) is 6.70. The Morgan fingerprint density at radius 3 is 3.00 bits per heavy atom. The maximum absolute atomic E-state index is 8.18. The normalized spacial score (nSPS) is 17.3. The van der Waals surface area contributed by atoms with Gasteiger partial charge in [-0.15, -0.1) is 11.3 Å². The fourth-order valence-corrected chi connectivity index (χ4v) is 4.28. The van der Waals surface area contributed by atoms with Crippen LogP contribution in [0.25, 0.3) is 16.5 Å². The number of aromatic amines is 1. The number of amidine groups is 1. The summed E-state index contributed by atoms with van der Waals surface area (Å²) >= 11 is 1.57. The SMILES string of the molecule is CCNC1CC=C(c2c[nH]c3cc(NC(=N)c4cccs4)ccc23)CC1. The molecule has 1 aromatic carbocycles. The molecule has 0 aliphatic heterocycles. The molecule has 134 valence electrons. The van der Waals surface area contributed by atoms with E-state index in [0.29, 0.717) is 11.9 Å². The van der Waals surface area contributed by atoms with Crippen LogP contribution in [0.2, 0.25) is 0 Å². The Balaban J connectivity index is 1.53. The van der Waals surface area contributed by atoms with Crippen LogP contribution >= 0.6 is 11.3 Å². The number of H-pyrrole nitrogens is 1. The van der Waals surface area contributed by atoms with Crippen LogP contribution < -0.4 is 10.6 Å². The zero-order valence-electron chi connectivity index (χ0n) is 14.9. The van der Waals surface area contributed by atoms with Crippen molar-refractivity contribution in [2.75, 3.05) is 11.9 Å². The van der Waals surface area contributed by atoms with Gasteiger partial charge in [0.2, 0.25) is 0 Å². The van der Waals surface area contributed by atoms with Gasteiger partial charge in [-0.2, -0.15) is 0 Å². The number of thiophene rings is 1. The van der Waals surface area contributed by atoms with Crippen LogP contribution in [0.4, 0.5) is 5.69 Å². The van der Waals surface area contributed by atoms with Gasteiger partial charge in [-0.25, -0.2) is 0 Å². The first-order valence-corrected chi connectivity index (χ1v) is 10.1. The molecule has 0 fully saturated rings. The number of benzene rings is 1.